The fourth-order valence-corrected chi connectivity index (χ4v) is 7.41. The van der Waals surface area contributed by atoms with Gasteiger partial charge in [0.15, 0.2) is 0 Å². The molecule has 0 spiro atoms. The van der Waals surface area contributed by atoms with Crippen molar-refractivity contribution in [2.24, 2.45) is 0 Å². The Morgan fingerprint density at radius 3 is 1.47 bits per heavy atom. The van der Waals surface area contributed by atoms with Crippen LogP contribution in [0.5, 0.6) is 0 Å². The fraction of sp³-hybridized carbons (Fsp3) is 0. The van der Waals surface area contributed by atoms with Crippen molar-refractivity contribution in [3.8, 4) is 0 Å². The van der Waals surface area contributed by atoms with Gasteiger partial charge in [0.1, 0.15) is 16.3 Å². The van der Waals surface area contributed by atoms with Crippen molar-refractivity contribution in [3.05, 3.63) is 48.5 Å². The quantitative estimate of drug-likeness (QED) is 0.659. The van der Waals surface area contributed by atoms with Crippen LogP contribution in [0.3, 0.4) is 0 Å². The van der Waals surface area contributed by atoms with E-state index in [0.29, 0.717) is 19.6 Å². The molecule has 0 aliphatic carbocycles. The zero-order chi connectivity index (χ0) is 13.7. The Kier molecular flexibility index (Phi) is 3.18. The Hall–Kier alpha value is -0.540. The first kappa shape index (κ1) is 13.4. The third-order valence-corrected chi connectivity index (χ3v) is 8.43. The monoisotopic (exact) mass is 362 g/mol. The lowest BCUT2D eigenvalue weighted by Crippen LogP contribution is -2.15. The van der Waals surface area contributed by atoms with Crippen LogP contribution in [-0.4, -0.2) is 13.7 Å². The number of benzene rings is 2. The molecule has 2 aromatic carbocycles. The maximum absolute atomic E-state index is 10.8. The molecular weight excluding hydrogens is 352 g/mol. The van der Waals surface area contributed by atoms with Gasteiger partial charge in [-0.3, -0.25) is 13.7 Å². The molecule has 7 heteroatoms. The van der Waals surface area contributed by atoms with Crippen molar-refractivity contribution in [2.75, 3.05) is 0 Å². The second kappa shape index (κ2) is 4.49. The van der Waals surface area contributed by atoms with Gasteiger partial charge in [-0.1, -0.05) is 24.3 Å². The first-order valence-corrected chi connectivity index (χ1v) is 9.05. The minimum absolute atomic E-state index is 0.311. The summed E-state index contributed by atoms with van der Waals surface area (Å²) in [6.07, 6.45) is 0. The molecular formula is C12H11BrO4S2. The molecule has 0 bridgehead atoms. The first-order valence-electron chi connectivity index (χ1n) is 5.34. The summed E-state index contributed by atoms with van der Waals surface area (Å²) < 4.78 is 36.9. The Bertz CT molecular complexity index is 598. The van der Waals surface area contributed by atoms with Crippen molar-refractivity contribution in [1.82, 2.24) is 0 Å². The van der Waals surface area contributed by atoms with Crippen LogP contribution < -0.4 is 0 Å². The van der Waals surface area contributed by atoms with E-state index in [-0.39, 0.29) is 0 Å². The van der Waals surface area contributed by atoms with Gasteiger partial charge in [-0.05, 0) is 24.3 Å². The molecule has 0 fully saturated rings. The summed E-state index contributed by atoms with van der Waals surface area (Å²) in [5.41, 5.74) is 0. The third kappa shape index (κ3) is 1.78. The third-order valence-electron chi connectivity index (χ3n) is 3.00. The van der Waals surface area contributed by atoms with Crippen LogP contribution >= 0.6 is 37.4 Å². The van der Waals surface area contributed by atoms with Gasteiger partial charge in [0.25, 0.3) is 0 Å². The minimum Gasteiger partial charge on any atom is -0.290 e. The zero-order valence-electron chi connectivity index (χ0n) is 9.56. The maximum Gasteiger partial charge on any atom is 0.130 e. The largest absolute Gasteiger partial charge is 0.290 e. The van der Waals surface area contributed by atoms with Crippen LogP contribution in [-0.2, 0) is 3.27 Å². The maximum atomic E-state index is 10.8. The van der Waals surface area contributed by atoms with Gasteiger partial charge in [-0.2, -0.15) is 3.27 Å². The normalized spacial score (nSPS) is 21.9. The van der Waals surface area contributed by atoms with Crippen LogP contribution in [0.15, 0.2) is 68.1 Å². The summed E-state index contributed by atoms with van der Waals surface area (Å²) in [6, 6.07) is 13.4. The summed E-state index contributed by atoms with van der Waals surface area (Å²) in [7, 11) is -5.87. The van der Waals surface area contributed by atoms with Crippen LogP contribution in [0.4, 0.5) is 0 Å². The molecule has 1 heterocycles. The lowest BCUT2D eigenvalue weighted by Gasteiger charge is -2.48. The fourth-order valence-electron chi connectivity index (χ4n) is 2.13. The molecule has 0 amide bonds. The van der Waals surface area contributed by atoms with Gasteiger partial charge in [0.05, 0.1) is 19.6 Å². The molecule has 0 aromatic heterocycles. The molecule has 2 aromatic rings. The van der Waals surface area contributed by atoms with Crippen molar-refractivity contribution in [2.45, 2.75) is 19.6 Å². The highest BCUT2D eigenvalue weighted by Gasteiger charge is 2.40. The minimum atomic E-state index is -3.12. The van der Waals surface area contributed by atoms with Gasteiger partial charge in [0.2, 0.25) is 0 Å². The molecule has 0 radical (unpaired) electrons. The summed E-state index contributed by atoms with van der Waals surface area (Å²) in [5, 5.41) is 0. The Balaban J connectivity index is 2.41. The van der Waals surface area contributed by atoms with Gasteiger partial charge >= 0.3 is 0 Å². The van der Waals surface area contributed by atoms with Gasteiger partial charge in [-0.25, -0.2) is 0 Å². The van der Waals surface area contributed by atoms with Crippen LogP contribution in [0.2, 0.25) is 0 Å². The molecule has 0 unspecified atom stereocenters. The van der Waals surface area contributed by atoms with E-state index in [2.05, 4.69) is 16.3 Å². The van der Waals surface area contributed by atoms with Gasteiger partial charge in [-0.15, -0.1) is 21.2 Å². The molecule has 0 saturated heterocycles. The molecule has 0 atom stereocenters. The highest BCUT2D eigenvalue weighted by atomic mass is 79.9. The van der Waals surface area contributed by atoms with E-state index >= 15 is 0 Å². The van der Waals surface area contributed by atoms with Crippen molar-refractivity contribution >= 4 is 37.4 Å². The standard InChI is InChI=1S/C12H11BrO4S2/c13-17-19(16)11-7-3-1-5-9(11)18(14,15)10-6-2-4-8-12(10)19/h1-8,14-16H. The van der Waals surface area contributed by atoms with Crippen LogP contribution in [0.1, 0.15) is 0 Å². The number of hydrogen-bond donors (Lipinski definition) is 3. The Morgan fingerprint density at radius 1 is 0.737 bits per heavy atom. The van der Waals surface area contributed by atoms with Gasteiger partial charge < -0.3 is 0 Å². The SMILES string of the molecule is OS1(O)c2ccccc2S(O)(OBr)c2ccccc21. The summed E-state index contributed by atoms with van der Waals surface area (Å²) >= 11 is 2.88. The number of fused-ring (bicyclic) bond motifs is 2. The number of halogens is 1. The van der Waals surface area contributed by atoms with Crippen molar-refractivity contribution < 1.29 is 16.9 Å². The molecule has 3 rings (SSSR count). The van der Waals surface area contributed by atoms with Crippen molar-refractivity contribution in [1.29, 1.82) is 0 Å². The predicted molar refractivity (Wildman–Crippen MR) is 79.0 cm³/mol. The zero-order valence-corrected chi connectivity index (χ0v) is 12.8. The summed E-state index contributed by atoms with van der Waals surface area (Å²) in [5.74, 6) is 0. The Labute approximate surface area is 122 Å². The summed E-state index contributed by atoms with van der Waals surface area (Å²) in [4.78, 5) is 1.44. The Morgan fingerprint density at radius 2 is 1.11 bits per heavy atom. The van der Waals surface area contributed by atoms with E-state index in [1.165, 1.54) is 0 Å². The molecule has 102 valence electrons. The molecule has 1 aliphatic heterocycles. The first-order chi connectivity index (χ1) is 9.02. The molecule has 0 saturated carbocycles. The lowest BCUT2D eigenvalue weighted by molar-refractivity contribution is 0.468. The lowest BCUT2D eigenvalue weighted by atomic mass is 10.3. The van der Waals surface area contributed by atoms with E-state index in [1.54, 1.807) is 48.5 Å². The van der Waals surface area contributed by atoms with E-state index in [9.17, 15) is 13.7 Å². The molecule has 3 N–H and O–H groups in total. The smallest absolute Gasteiger partial charge is 0.130 e. The predicted octanol–water partition coefficient (Wildman–Crippen LogP) is 5.11. The molecule has 4 nitrogen and oxygen atoms in total. The highest BCUT2D eigenvalue weighted by molar-refractivity contribution is 9.07. The van der Waals surface area contributed by atoms with E-state index in [4.69, 9.17) is 3.27 Å². The highest BCUT2D eigenvalue weighted by Crippen LogP contribution is 2.76. The van der Waals surface area contributed by atoms with Crippen molar-refractivity contribution in [3.63, 3.8) is 0 Å². The topological polar surface area (TPSA) is 69.9 Å². The number of rotatable bonds is 1. The van der Waals surface area contributed by atoms with E-state index in [0.717, 1.165) is 0 Å². The average molecular weight is 363 g/mol. The average Bonchev–Trinajstić information content (AvgIpc) is 2.45. The van der Waals surface area contributed by atoms with Crippen LogP contribution in [0.25, 0.3) is 0 Å². The number of hydrogen-bond acceptors (Lipinski definition) is 4. The second-order valence-corrected chi connectivity index (χ2v) is 8.86. The van der Waals surface area contributed by atoms with E-state index < -0.39 is 21.2 Å². The van der Waals surface area contributed by atoms with E-state index in [1.807, 2.05) is 0 Å². The van der Waals surface area contributed by atoms with Crippen LogP contribution in [0, 0.1) is 0 Å². The second-order valence-electron chi connectivity index (χ2n) is 4.03. The van der Waals surface area contributed by atoms with Gasteiger partial charge in [0, 0.05) is 0 Å². The summed E-state index contributed by atoms with van der Waals surface area (Å²) in [6.45, 7) is 0. The molecule has 19 heavy (non-hydrogen) atoms. The molecule has 1 aliphatic rings.